The number of anilines is 1. The van der Waals surface area contributed by atoms with Crippen molar-refractivity contribution in [2.75, 3.05) is 25.5 Å². The molecule has 1 amide bonds. The van der Waals surface area contributed by atoms with E-state index in [1.165, 1.54) is 11.4 Å². The fourth-order valence-electron chi connectivity index (χ4n) is 3.32. The lowest BCUT2D eigenvalue weighted by molar-refractivity contribution is -0.120. The zero-order valence-corrected chi connectivity index (χ0v) is 17.0. The van der Waals surface area contributed by atoms with Crippen LogP contribution in [0, 0.1) is 5.92 Å². The topological polar surface area (TPSA) is 92.8 Å². The number of nitrogens with zero attached hydrogens (tertiary/aromatic N) is 1. The van der Waals surface area contributed by atoms with E-state index in [4.69, 9.17) is 0 Å². The summed E-state index contributed by atoms with van der Waals surface area (Å²) < 4.78 is 31.4. The van der Waals surface area contributed by atoms with Crippen LogP contribution in [0.1, 0.15) is 28.8 Å². The Balaban J connectivity index is 1.53. The largest absolute Gasteiger partial charge is 0.465 e. The molecule has 0 aliphatic carbocycles. The molecule has 29 heavy (non-hydrogen) atoms. The molecule has 154 valence electrons. The number of rotatable bonds is 6. The summed E-state index contributed by atoms with van der Waals surface area (Å²) in [6, 6.07) is 15.5. The van der Waals surface area contributed by atoms with E-state index in [1.54, 1.807) is 36.4 Å². The number of sulfonamides is 1. The van der Waals surface area contributed by atoms with Crippen LogP contribution < -0.4 is 5.32 Å². The first-order valence-corrected chi connectivity index (χ1v) is 11.0. The first kappa shape index (κ1) is 21.0. The molecule has 2 aromatic rings. The van der Waals surface area contributed by atoms with Crippen molar-refractivity contribution in [2.24, 2.45) is 5.92 Å². The van der Waals surface area contributed by atoms with Gasteiger partial charge >= 0.3 is 5.97 Å². The molecular formula is C21H24N2O5S. The fourth-order valence-corrected chi connectivity index (χ4v) is 4.89. The third-order valence-electron chi connectivity index (χ3n) is 4.98. The summed E-state index contributed by atoms with van der Waals surface area (Å²) in [5.74, 6) is -0.863. The maximum atomic E-state index is 12.6. The highest BCUT2D eigenvalue weighted by molar-refractivity contribution is 7.88. The Morgan fingerprint density at radius 2 is 1.66 bits per heavy atom. The van der Waals surface area contributed by atoms with E-state index in [-0.39, 0.29) is 17.6 Å². The number of methoxy groups -OCH3 is 1. The molecule has 1 aliphatic heterocycles. The lowest BCUT2D eigenvalue weighted by atomic mass is 9.97. The molecule has 0 unspecified atom stereocenters. The fraction of sp³-hybridized carbons (Fsp3) is 0.333. The van der Waals surface area contributed by atoms with Crippen LogP contribution >= 0.6 is 0 Å². The van der Waals surface area contributed by atoms with Crippen molar-refractivity contribution < 1.29 is 22.7 Å². The molecule has 0 aromatic heterocycles. The SMILES string of the molecule is COC(=O)c1ccc(NC(=O)C2CCN(S(=O)(=O)Cc3ccccc3)CC2)cc1. The average molecular weight is 416 g/mol. The van der Waals surface area contributed by atoms with E-state index in [2.05, 4.69) is 10.1 Å². The summed E-state index contributed by atoms with van der Waals surface area (Å²) in [6.45, 7) is 0.656. The molecule has 0 spiro atoms. The van der Waals surface area contributed by atoms with E-state index >= 15 is 0 Å². The first-order valence-electron chi connectivity index (χ1n) is 9.40. The highest BCUT2D eigenvalue weighted by Gasteiger charge is 2.31. The number of carbonyl (C=O) groups is 2. The molecule has 1 saturated heterocycles. The van der Waals surface area contributed by atoms with Gasteiger partial charge in [0.2, 0.25) is 15.9 Å². The number of hydrogen-bond acceptors (Lipinski definition) is 5. The Morgan fingerprint density at radius 3 is 2.24 bits per heavy atom. The molecule has 0 radical (unpaired) electrons. The molecule has 0 atom stereocenters. The summed E-state index contributed by atoms with van der Waals surface area (Å²) in [5.41, 5.74) is 1.74. The third-order valence-corrected chi connectivity index (χ3v) is 6.83. The van der Waals surface area contributed by atoms with Gasteiger partial charge in [0.25, 0.3) is 0 Å². The van der Waals surface area contributed by atoms with Crippen LogP contribution in [0.15, 0.2) is 54.6 Å². The number of esters is 1. The van der Waals surface area contributed by atoms with Gasteiger partial charge in [0.1, 0.15) is 0 Å². The van der Waals surface area contributed by atoms with Gasteiger partial charge in [-0.3, -0.25) is 4.79 Å². The second-order valence-corrected chi connectivity index (χ2v) is 8.94. The van der Waals surface area contributed by atoms with Gasteiger partial charge in [0.15, 0.2) is 0 Å². The molecule has 0 bridgehead atoms. The highest BCUT2D eigenvalue weighted by atomic mass is 32.2. The van der Waals surface area contributed by atoms with Crippen LogP contribution in [0.2, 0.25) is 0 Å². The highest BCUT2D eigenvalue weighted by Crippen LogP contribution is 2.23. The summed E-state index contributed by atoms with van der Waals surface area (Å²) in [4.78, 5) is 24.0. The Morgan fingerprint density at radius 1 is 1.03 bits per heavy atom. The number of hydrogen-bond donors (Lipinski definition) is 1. The maximum Gasteiger partial charge on any atom is 0.337 e. The van der Waals surface area contributed by atoms with Gasteiger partial charge in [-0.15, -0.1) is 0 Å². The van der Waals surface area contributed by atoms with Crippen molar-refractivity contribution in [1.29, 1.82) is 0 Å². The van der Waals surface area contributed by atoms with Crippen molar-refractivity contribution in [2.45, 2.75) is 18.6 Å². The van der Waals surface area contributed by atoms with Crippen LogP contribution in [0.5, 0.6) is 0 Å². The minimum atomic E-state index is -3.40. The molecule has 8 heteroatoms. The standard InChI is InChI=1S/C21H24N2O5S/c1-28-21(25)18-7-9-19(10-8-18)22-20(24)17-11-13-23(14-12-17)29(26,27)15-16-5-3-2-4-6-16/h2-10,17H,11-15H2,1H3,(H,22,24). The van der Waals surface area contributed by atoms with Crippen LogP contribution in [0.25, 0.3) is 0 Å². The Hall–Kier alpha value is -2.71. The van der Waals surface area contributed by atoms with E-state index in [0.29, 0.717) is 37.2 Å². The molecule has 3 rings (SSSR count). The number of benzene rings is 2. The minimum Gasteiger partial charge on any atom is -0.465 e. The summed E-state index contributed by atoms with van der Waals surface area (Å²) >= 11 is 0. The molecule has 1 fully saturated rings. The van der Waals surface area contributed by atoms with Gasteiger partial charge < -0.3 is 10.1 Å². The van der Waals surface area contributed by atoms with Crippen molar-refractivity contribution in [3.8, 4) is 0 Å². The van der Waals surface area contributed by atoms with Gasteiger partial charge in [-0.05, 0) is 42.7 Å². The maximum absolute atomic E-state index is 12.6. The quantitative estimate of drug-likeness (QED) is 0.731. The van der Waals surface area contributed by atoms with Gasteiger partial charge in [0.05, 0.1) is 18.4 Å². The molecule has 1 aliphatic rings. The van der Waals surface area contributed by atoms with Crippen molar-refractivity contribution >= 4 is 27.6 Å². The lowest BCUT2D eigenvalue weighted by Crippen LogP contribution is -2.41. The van der Waals surface area contributed by atoms with Crippen molar-refractivity contribution in [3.05, 3.63) is 65.7 Å². The normalized spacial score (nSPS) is 15.6. The second-order valence-electron chi connectivity index (χ2n) is 6.97. The van der Waals surface area contributed by atoms with E-state index in [9.17, 15) is 18.0 Å². The average Bonchev–Trinajstić information content (AvgIpc) is 2.74. The molecule has 1 heterocycles. The minimum absolute atomic E-state index is 0.0305. The van der Waals surface area contributed by atoms with E-state index in [1.807, 2.05) is 18.2 Å². The summed E-state index contributed by atoms with van der Waals surface area (Å²) in [6.07, 6.45) is 0.945. The van der Waals surface area contributed by atoms with Gasteiger partial charge in [0, 0.05) is 24.7 Å². The van der Waals surface area contributed by atoms with Crippen LogP contribution in [-0.2, 0) is 25.3 Å². The van der Waals surface area contributed by atoms with Crippen LogP contribution in [0.4, 0.5) is 5.69 Å². The molecule has 2 aromatic carbocycles. The number of ether oxygens (including phenoxy) is 1. The lowest BCUT2D eigenvalue weighted by Gasteiger charge is -2.30. The zero-order valence-electron chi connectivity index (χ0n) is 16.2. The predicted molar refractivity (Wildman–Crippen MR) is 110 cm³/mol. The molecule has 7 nitrogen and oxygen atoms in total. The molecular weight excluding hydrogens is 392 g/mol. The zero-order chi connectivity index (χ0) is 20.9. The van der Waals surface area contributed by atoms with Crippen LogP contribution in [-0.4, -0.2) is 44.8 Å². The predicted octanol–water partition coefficient (Wildman–Crippen LogP) is 2.65. The monoisotopic (exact) mass is 416 g/mol. The Labute approximate surface area is 170 Å². The van der Waals surface area contributed by atoms with Crippen LogP contribution in [0.3, 0.4) is 0 Å². The smallest absolute Gasteiger partial charge is 0.337 e. The number of piperidine rings is 1. The van der Waals surface area contributed by atoms with Gasteiger partial charge in [-0.1, -0.05) is 30.3 Å². The van der Waals surface area contributed by atoms with E-state index < -0.39 is 16.0 Å². The number of amides is 1. The summed E-state index contributed by atoms with van der Waals surface area (Å²) in [5, 5.41) is 2.83. The molecule has 1 N–H and O–H groups in total. The second kappa shape index (κ2) is 9.19. The Bertz CT molecular complexity index is 950. The number of carbonyl (C=O) groups excluding carboxylic acids is 2. The molecule has 0 saturated carbocycles. The van der Waals surface area contributed by atoms with E-state index in [0.717, 1.165) is 5.56 Å². The van der Waals surface area contributed by atoms with Gasteiger partial charge in [-0.2, -0.15) is 0 Å². The first-order chi connectivity index (χ1) is 13.9. The number of nitrogens with one attached hydrogen (secondary N) is 1. The van der Waals surface area contributed by atoms with Gasteiger partial charge in [-0.25, -0.2) is 17.5 Å². The summed E-state index contributed by atoms with van der Waals surface area (Å²) in [7, 11) is -2.09. The van der Waals surface area contributed by atoms with Crippen molar-refractivity contribution in [1.82, 2.24) is 4.31 Å². The van der Waals surface area contributed by atoms with Crippen molar-refractivity contribution in [3.63, 3.8) is 0 Å². The third kappa shape index (κ3) is 5.42. The Kier molecular flexibility index (Phi) is 6.66.